The molecule has 6 nitrogen and oxygen atoms in total. The molecule has 0 aromatic heterocycles. The summed E-state index contributed by atoms with van der Waals surface area (Å²) in [5.74, 6) is 1.66. The highest BCUT2D eigenvalue weighted by Crippen LogP contribution is 2.64. The molecule has 1 aromatic carbocycles. The van der Waals surface area contributed by atoms with Crippen LogP contribution in [0.4, 0.5) is 5.69 Å². The molecule has 4 saturated carbocycles. The van der Waals surface area contributed by atoms with Crippen molar-refractivity contribution in [3.05, 3.63) is 18.2 Å². The Balaban J connectivity index is 1.44. The van der Waals surface area contributed by atoms with Gasteiger partial charge in [-0.05, 0) is 69.4 Å². The number of halogens is 1. The van der Waals surface area contributed by atoms with Crippen LogP contribution in [0.5, 0.6) is 11.5 Å². The first kappa shape index (κ1) is 20.5. The lowest BCUT2D eigenvalue weighted by Gasteiger charge is -2.58. The predicted molar refractivity (Wildman–Crippen MR) is 113 cm³/mol. The molecule has 3 unspecified atom stereocenters. The number of carbonyl (C=O) groups excluding carboxylic acids is 2. The fourth-order valence-electron chi connectivity index (χ4n) is 5.87. The van der Waals surface area contributed by atoms with Crippen LogP contribution in [-0.2, 0) is 14.3 Å². The van der Waals surface area contributed by atoms with Gasteiger partial charge in [0.1, 0.15) is 11.5 Å². The molecule has 0 heterocycles. The highest BCUT2D eigenvalue weighted by molar-refractivity contribution is 9.10. The van der Waals surface area contributed by atoms with Gasteiger partial charge in [0, 0.05) is 10.4 Å². The van der Waals surface area contributed by atoms with Crippen molar-refractivity contribution < 1.29 is 23.8 Å². The van der Waals surface area contributed by atoms with E-state index in [1.807, 2.05) is 0 Å². The number of hydrogen-bond acceptors (Lipinski definition) is 5. The van der Waals surface area contributed by atoms with Crippen LogP contribution in [0, 0.1) is 17.3 Å². The van der Waals surface area contributed by atoms with Crippen molar-refractivity contribution in [1.82, 2.24) is 0 Å². The van der Waals surface area contributed by atoms with Crippen LogP contribution in [0.2, 0.25) is 0 Å². The standard InChI is InChI=1S/C22H28BrNO5/c1-13(19(25)24-17-7-16(27-2)4-5-18(17)28-3)29-20(26)21-8-14-6-15(9-21)11-22(23,10-14)12-21/h4-5,7,13-15H,6,8-12H2,1-3H3,(H,24,25). The maximum atomic E-state index is 13.2. The second kappa shape index (κ2) is 7.49. The number of esters is 1. The van der Waals surface area contributed by atoms with Crippen molar-refractivity contribution in [3.8, 4) is 11.5 Å². The van der Waals surface area contributed by atoms with Gasteiger partial charge in [-0.15, -0.1) is 0 Å². The van der Waals surface area contributed by atoms with E-state index in [4.69, 9.17) is 14.2 Å². The van der Waals surface area contributed by atoms with E-state index >= 15 is 0 Å². The van der Waals surface area contributed by atoms with Crippen LogP contribution in [-0.4, -0.2) is 36.5 Å². The number of anilines is 1. The molecule has 0 radical (unpaired) electrons. The van der Waals surface area contributed by atoms with E-state index in [0.717, 1.165) is 32.1 Å². The summed E-state index contributed by atoms with van der Waals surface area (Å²) in [7, 11) is 3.09. The number of benzene rings is 1. The van der Waals surface area contributed by atoms with Crippen LogP contribution < -0.4 is 14.8 Å². The third-order valence-electron chi connectivity index (χ3n) is 6.74. The van der Waals surface area contributed by atoms with Crippen LogP contribution >= 0.6 is 15.9 Å². The lowest BCUT2D eigenvalue weighted by Crippen LogP contribution is -2.56. The number of rotatable bonds is 6. The Morgan fingerprint density at radius 3 is 2.41 bits per heavy atom. The monoisotopic (exact) mass is 465 g/mol. The van der Waals surface area contributed by atoms with E-state index < -0.39 is 11.5 Å². The molecule has 29 heavy (non-hydrogen) atoms. The highest BCUT2D eigenvalue weighted by atomic mass is 79.9. The molecule has 1 amide bonds. The van der Waals surface area contributed by atoms with Crippen LogP contribution in [0.1, 0.15) is 45.4 Å². The number of hydrogen-bond donors (Lipinski definition) is 1. The van der Waals surface area contributed by atoms with Crippen LogP contribution in [0.3, 0.4) is 0 Å². The average Bonchev–Trinajstić information content (AvgIpc) is 2.65. The summed E-state index contributed by atoms with van der Waals surface area (Å²) >= 11 is 3.92. The molecule has 3 atom stereocenters. The Hall–Kier alpha value is -1.76. The van der Waals surface area contributed by atoms with Crippen molar-refractivity contribution >= 4 is 33.5 Å². The van der Waals surface area contributed by atoms with Gasteiger partial charge in [-0.1, -0.05) is 15.9 Å². The molecule has 4 fully saturated rings. The summed E-state index contributed by atoms with van der Waals surface area (Å²) < 4.78 is 16.3. The molecule has 5 rings (SSSR count). The quantitative estimate of drug-likeness (QED) is 0.500. The Kier molecular flexibility index (Phi) is 5.30. The van der Waals surface area contributed by atoms with Crippen LogP contribution in [0.25, 0.3) is 0 Å². The van der Waals surface area contributed by atoms with Gasteiger partial charge >= 0.3 is 5.97 Å². The Morgan fingerprint density at radius 2 is 1.83 bits per heavy atom. The smallest absolute Gasteiger partial charge is 0.312 e. The van der Waals surface area contributed by atoms with Gasteiger partial charge in [0.05, 0.1) is 25.3 Å². The Labute approximate surface area is 179 Å². The summed E-state index contributed by atoms with van der Waals surface area (Å²) in [5, 5.41) is 2.79. The molecule has 158 valence electrons. The first-order valence-electron chi connectivity index (χ1n) is 10.2. The fourth-order valence-corrected chi connectivity index (χ4v) is 7.33. The van der Waals surface area contributed by atoms with Crippen molar-refractivity contribution in [2.75, 3.05) is 19.5 Å². The van der Waals surface area contributed by atoms with E-state index in [9.17, 15) is 9.59 Å². The van der Waals surface area contributed by atoms with E-state index in [1.165, 1.54) is 13.5 Å². The summed E-state index contributed by atoms with van der Waals surface area (Å²) in [6, 6.07) is 5.15. The number of alkyl halides is 1. The van der Waals surface area contributed by atoms with Gasteiger partial charge in [0.15, 0.2) is 6.10 Å². The third-order valence-corrected chi connectivity index (χ3v) is 7.67. The molecule has 4 aliphatic carbocycles. The number of amides is 1. The van der Waals surface area contributed by atoms with Crippen molar-refractivity contribution in [2.45, 2.75) is 55.9 Å². The molecule has 0 spiro atoms. The minimum atomic E-state index is -0.891. The first-order valence-corrected chi connectivity index (χ1v) is 11.0. The second-order valence-electron chi connectivity index (χ2n) is 9.00. The summed E-state index contributed by atoms with van der Waals surface area (Å²) in [6.07, 6.45) is 5.19. The van der Waals surface area contributed by atoms with Gasteiger partial charge in [0.25, 0.3) is 5.91 Å². The van der Waals surface area contributed by atoms with Gasteiger partial charge in [-0.3, -0.25) is 9.59 Å². The molecule has 7 heteroatoms. The lowest BCUT2D eigenvalue weighted by atomic mass is 9.49. The topological polar surface area (TPSA) is 73.9 Å². The maximum absolute atomic E-state index is 13.2. The molecular weight excluding hydrogens is 438 g/mol. The molecule has 0 aliphatic heterocycles. The number of methoxy groups -OCH3 is 2. The van der Waals surface area contributed by atoms with Gasteiger partial charge in [-0.25, -0.2) is 0 Å². The van der Waals surface area contributed by atoms with Gasteiger partial charge in [-0.2, -0.15) is 0 Å². The van der Waals surface area contributed by atoms with Crippen molar-refractivity contribution in [1.29, 1.82) is 0 Å². The van der Waals surface area contributed by atoms with E-state index in [2.05, 4.69) is 21.2 Å². The summed E-state index contributed by atoms with van der Waals surface area (Å²) in [6.45, 7) is 1.62. The van der Waals surface area contributed by atoms with Crippen molar-refractivity contribution in [2.24, 2.45) is 17.3 Å². The minimum absolute atomic E-state index is 0.0650. The van der Waals surface area contributed by atoms with Crippen LogP contribution in [0.15, 0.2) is 18.2 Å². The average molecular weight is 466 g/mol. The normalized spacial score (nSPS) is 33.1. The zero-order valence-corrected chi connectivity index (χ0v) is 18.7. The Bertz CT molecular complexity index is 811. The number of nitrogens with one attached hydrogen (secondary N) is 1. The second-order valence-corrected chi connectivity index (χ2v) is 10.7. The minimum Gasteiger partial charge on any atom is -0.497 e. The molecule has 1 N–H and O–H groups in total. The highest BCUT2D eigenvalue weighted by Gasteiger charge is 2.60. The largest absolute Gasteiger partial charge is 0.497 e. The zero-order valence-electron chi connectivity index (χ0n) is 17.1. The third kappa shape index (κ3) is 3.86. The summed E-state index contributed by atoms with van der Waals surface area (Å²) in [5.41, 5.74) is 0.0319. The van der Waals surface area contributed by atoms with Gasteiger partial charge < -0.3 is 19.5 Å². The number of carbonyl (C=O) groups is 2. The fraction of sp³-hybridized carbons (Fsp3) is 0.636. The van der Waals surface area contributed by atoms with E-state index in [0.29, 0.717) is 29.0 Å². The SMILES string of the molecule is COc1ccc(OC)c(NC(=O)C(C)OC(=O)C23CC4CC(CC(Br)(C4)C2)C3)c1. The summed E-state index contributed by atoms with van der Waals surface area (Å²) in [4.78, 5) is 25.9. The molecule has 0 saturated heterocycles. The predicted octanol–water partition coefficient (Wildman–Crippen LogP) is 4.31. The maximum Gasteiger partial charge on any atom is 0.312 e. The molecular formula is C22H28BrNO5. The Morgan fingerprint density at radius 1 is 1.14 bits per heavy atom. The first-order chi connectivity index (χ1) is 13.8. The lowest BCUT2D eigenvalue weighted by molar-refractivity contribution is -0.175. The van der Waals surface area contributed by atoms with E-state index in [1.54, 1.807) is 32.2 Å². The zero-order chi connectivity index (χ0) is 20.8. The van der Waals surface area contributed by atoms with E-state index in [-0.39, 0.29) is 16.2 Å². The van der Waals surface area contributed by atoms with Crippen molar-refractivity contribution in [3.63, 3.8) is 0 Å². The molecule has 1 aromatic rings. The molecule has 4 aliphatic rings. The molecule has 4 bridgehead atoms. The number of ether oxygens (including phenoxy) is 3. The van der Waals surface area contributed by atoms with Gasteiger partial charge in [0.2, 0.25) is 0 Å².